The highest BCUT2D eigenvalue weighted by Crippen LogP contribution is 2.26. The van der Waals surface area contributed by atoms with Crippen LogP contribution in [0, 0.1) is 12.8 Å². The zero-order valence-corrected chi connectivity index (χ0v) is 15.9. The van der Waals surface area contributed by atoms with Crippen molar-refractivity contribution in [3.63, 3.8) is 0 Å². The fourth-order valence-electron chi connectivity index (χ4n) is 4.14. The highest BCUT2D eigenvalue weighted by atomic mass is 16.5. The van der Waals surface area contributed by atoms with Crippen molar-refractivity contribution < 1.29 is 14.3 Å². The first-order valence-corrected chi connectivity index (χ1v) is 9.38. The summed E-state index contributed by atoms with van der Waals surface area (Å²) in [6, 6.07) is 8.28. The Kier molecular flexibility index (Phi) is 5.94. The fourth-order valence-corrected chi connectivity index (χ4v) is 4.14. The molecule has 2 fully saturated rings. The smallest absolute Gasteiger partial charge is 0.223 e. The molecule has 26 heavy (non-hydrogen) atoms. The van der Waals surface area contributed by atoms with Gasteiger partial charge in [0.05, 0.1) is 18.4 Å². The first-order valence-electron chi connectivity index (χ1n) is 9.38. The molecule has 2 saturated heterocycles. The van der Waals surface area contributed by atoms with Gasteiger partial charge in [-0.2, -0.15) is 0 Å². The van der Waals surface area contributed by atoms with Gasteiger partial charge < -0.3 is 15.0 Å². The summed E-state index contributed by atoms with van der Waals surface area (Å²) in [5.74, 6) is 0.248. The molecule has 6 nitrogen and oxygen atoms in total. The summed E-state index contributed by atoms with van der Waals surface area (Å²) in [6.45, 7) is 8.96. The van der Waals surface area contributed by atoms with Crippen molar-refractivity contribution in [1.29, 1.82) is 0 Å². The number of hydrogen-bond donors (Lipinski definition) is 1. The molecule has 0 aliphatic carbocycles. The van der Waals surface area contributed by atoms with Gasteiger partial charge >= 0.3 is 0 Å². The van der Waals surface area contributed by atoms with Crippen LogP contribution >= 0.6 is 0 Å². The minimum atomic E-state index is -0.131. The molecule has 2 heterocycles. The second kappa shape index (κ2) is 8.18. The lowest BCUT2D eigenvalue weighted by Gasteiger charge is -2.41. The summed E-state index contributed by atoms with van der Waals surface area (Å²) in [4.78, 5) is 27.9. The van der Waals surface area contributed by atoms with Gasteiger partial charge in [0, 0.05) is 38.5 Å². The van der Waals surface area contributed by atoms with Gasteiger partial charge in [0.1, 0.15) is 0 Å². The van der Waals surface area contributed by atoms with Gasteiger partial charge in [-0.15, -0.1) is 0 Å². The van der Waals surface area contributed by atoms with Crippen molar-refractivity contribution in [2.45, 2.75) is 52.1 Å². The summed E-state index contributed by atoms with van der Waals surface area (Å²) in [5, 5.41) is 2.96. The maximum atomic E-state index is 12.5. The van der Waals surface area contributed by atoms with Gasteiger partial charge in [-0.3, -0.25) is 14.5 Å². The molecule has 1 N–H and O–H groups in total. The normalized spacial score (nSPS) is 28.2. The summed E-state index contributed by atoms with van der Waals surface area (Å²) < 4.78 is 5.80. The first kappa shape index (κ1) is 18.9. The van der Waals surface area contributed by atoms with Crippen molar-refractivity contribution >= 4 is 12.3 Å². The Labute approximate surface area is 155 Å². The predicted molar refractivity (Wildman–Crippen MR) is 99.3 cm³/mol. The lowest BCUT2D eigenvalue weighted by Crippen LogP contribution is -2.57. The SMILES string of the molecule is Cc1ccc(CN2CC(C(NC=O)N3CC(C)OC(C)C3)CC2=O)cc1. The summed E-state index contributed by atoms with van der Waals surface area (Å²) >= 11 is 0. The van der Waals surface area contributed by atoms with E-state index in [1.807, 2.05) is 18.7 Å². The Hall–Kier alpha value is -1.92. The van der Waals surface area contributed by atoms with Gasteiger partial charge in [-0.1, -0.05) is 29.8 Å². The summed E-state index contributed by atoms with van der Waals surface area (Å²) in [7, 11) is 0. The van der Waals surface area contributed by atoms with Crippen LogP contribution in [0.1, 0.15) is 31.4 Å². The van der Waals surface area contributed by atoms with Crippen LogP contribution in [0.4, 0.5) is 0 Å². The number of hydrogen-bond acceptors (Lipinski definition) is 4. The number of amides is 2. The highest BCUT2D eigenvalue weighted by Gasteiger charge is 2.39. The Morgan fingerprint density at radius 2 is 1.85 bits per heavy atom. The molecule has 0 spiro atoms. The zero-order valence-electron chi connectivity index (χ0n) is 15.9. The number of carbonyl (C=O) groups is 2. The number of rotatable bonds is 6. The van der Waals surface area contributed by atoms with Crippen molar-refractivity contribution in [1.82, 2.24) is 15.1 Å². The van der Waals surface area contributed by atoms with Crippen LogP contribution in [-0.4, -0.2) is 60.1 Å². The molecule has 3 rings (SSSR count). The van der Waals surface area contributed by atoms with Crippen molar-refractivity contribution in [2.24, 2.45) is 5.92 Å². The Bertz CT molecular complexity index is 624. The zero-order chi connectivity index (χ0) is 18.7. The minimum absolute atomic E-state index is 0.0932. The molecular weight excluding hydrogens is 330 g/mol. The second-order valence-electron chi connectivity index (χ2n) is 7.66. The first-order chi connectivity index (χ1) is 12.5. The summed E-state index contributed by atoms with van der Waals surface area (Å²) in [6.07, 6.45) is 1.33. The molecule has 4 atom stereocenters. The molecule has 6 heteroatoms. The van der Waals surface area contributed by atoms with E-state index in [2.05, 4.69) is 41.4 Å². The van der Waals surface area contributed by atoms with Crippen LogP contribution < -0.4 is 5.32 Å². The third-order valence-corrected chi connectivity index (χ3v) is 5.27. The minimum Gasteiger partial charge on any atom is -0.373 e. The third kappa shape index (κ3) is 4.43. The van der Waals surface area contributed by atoms with Crippen LogP contribution in [-0.2, 0) is 20.9 Å². The molecule has 0 bridgehead atoms. The molecule has 0 aromatic heterocycles. The van der Waals surface area contributed by atoms with Crippen molar-refractivity contribution in [3.05, 3.63) is 35.4 Å². The number of nitrogens with one attached hydrogen (secondary N) is 1. The number of ether oxygens (including phenoxy) is 1. The molecular formula is C20H29N3O3. The van der Waals surface area contributed by atoms with Gasteiger partial charge in [0.15, 0.2) is 0 Å². The summed E-state index contributed by atoms with van der Waals surface area (Å²) in [5.41, 5.74) is 2.35. The van der Waals surface area contributed by atoms with E-state index in [-0.39, 0.29) is 30.2 Å². The molecule has 0 radical (unpaired) electrons. The number of morpholine rings is 1. The van der Waals surface area contributed by atoms with Gasteiger partial charge in [-0.25, -0.2) is 0 Å². The monoisotopic (exact) mass is 359 g/mol. The van der Waals surface area contributed by atoms with Crippen molar-refractivity contribution in [3.8, 4) is 0 Å². The number of likely N-dealkylation sites (tertiary alicyclic amines) is 1. The molecule has 2 aliphatic rings. The maximum absolute atomic E-state index is 12.5. The van der Waals surface area contributed by atoms with Gasteiger partial charge in [0.2, 0.25) is 12.3 Å². The van der Waals surface area contributed by atoms with E-state index in [1.165, 1.54) is 5.56 Å². The Morgan fingerprint density at radius 1 is 1.19 bits per heavy atom. The Balaban J connectivity index is 1.67. The van der Waals surface area contributed by atoms with E-state index in [0.29, 0.717) is 19.5 Å². The van der Waals surface area contributed by atoms with Crippen LogP contribution in [0.15, 0.2) is 24.3 Å². The van der Waals surface area contributed by atoms with E-state index in [1.54, 1.807) is 0 Å². The second-order valence-corrected chi connectivity index (χ2v) is 7.66. The Morgan fingerprint density at radius 3 is 2.46 bits per heavy atom. The molecule has 2 amide bonds. The molecule has 1 aromatic carbocycles. The number of benzene rings is 1. The maximum Gasteiger partial charge on any atom is 0.223 e. The van der Waals surface area contributed by atoms with E-state index >= 15 is 0 Å². The molecule has 2 aliphatic heterocycles. The quantitative estimate of drug-likeness (QED) is 0.783. The van der Waals surface area contributed by atoms with Crippen LogP contribution in [0.3, 0.4) is 0 Å². The van der Waals surface area contributed by atoms with E-state index in [0.717, 1.165) is 25.1 Å². The lowest BCUT2D eigenvalue weighted by atomic mass is 10.0. The molecule has 0 saturated carbocycles. The molecule has 4 unspecified atom stereocenters. The van der Waals surface area contributed by atoms with E-state index in [4.69, 9.17) is 4.74 Å². The van der Waals surface area contributed by atoms with E-state index < -0.39 is 0 Å². The van der Waals surface area contributed by atoms with Crippen LogP contribution in [0.25, 0.3) is 0 Å². The fraction of sp³-hybridized carbons (Fsp3) is 0.600. The van der Waals surface area contributed by atoms with E-state index in [9.17, 15) is 9.59 Å². The largest absolute Gasteiger partial charge is 0.373 e. The molecule has 1 aromatic rings. The van der Waals surface area contributed by atoms with Crippen LogP contribution in [0.5, 0.6) is 0 Å². The standard InChI is InChI=1S/C20H29N3O3/c1-14-4-6-17(7-5-14)11-22-12-18(8-19(22)25)20(21-13-24)23-9-15(2)26-16(3)10-23/h4-7,13,15-16,18,20H,8-12H2,1-3H3,(H,21,24). The van der Waals surface area contributed by atoms with Gasteiger partial charge in [-0.05, 0) is 26.3 Å². The van der Waals surface area contributed by atoms with Crippen molar-refractivity contribution in [2.75, 3.05) is 19.6 Å². The predicted octanol–water partition coefficient (Wildman–Crippen LogP) is 1.52. The van der Waals surface area contributed by atoms with Crippen LogP contribution in [0.2, 0.25) is 0 Å². The number of aryl methyl sites for hydroxylation is 1. The topological polar surface area (TPSA) is 61.9 Å². The average molecular weight is 359 g/mol. The number of nitrogens with zero attached hydrogens (tertiary/aromatic N) is 2. The third-order valence-electron chi connectivity index (χ3n) is 5.27. The number of carbonyl (C=O) groups excluding carboxylic acids is 2. The average Bonchev–Trinajstić information content (AvgIpc) is 2.94. The highest BCUT2D eigenvalue weighted by molar-refractivity contribution is 5.78. The molecule has 142 valence electrons. The lowest BCUT2D eigenvalue weighted by molar-refractivity contribution is -0.128. The van der Waals surface area contributed by atoms with Gasteiger partial charge in [0.25, 0.3) is 0 Å².